The number of anilines is 1. The minimum Gasteiger partial charge on any atom is -0.392 e. The van der Waals surface area contributed by atoms with Crippen molar-refractivity contribution >= 4 is 17.0 Å². The first-order chi connectivity index (χ1) is 14.4. The van der Waals surface area contributed by atoms with E-state index in [1.807, 2.05) is 0 Å². The number of H-pyrrole nitrogens is 1. The lowest BCUT2D eigenvalue weighted by Gasteiger charge is -2.20. The number of β-amino-alcohol motifs (C(OH)–C–C–N with tert-alkyl or cyclic N) is 2. The average molecular weight is 419 g/mol. The third kappa shape index (κ3) is 4.23. The number of halogens is 2. The lowest BCUT2D eigenvalue weighted by atomic mass is 10.1. The minimum atomic E-state index is -3.36. The summed E-state index contributed by atoms with van der Waals surface area (Å²) in [6.07, 6.45) is 0.901. The van der Waals surface area contributed by atoms with E-state index in [1.165, 1.54) is 24.3 Å². The van der Waals surface area contributed by atoms with Gasteiger partial charge in [0.15, 0.2) is 11.3 Å². The molecule has 2 aromatic heterocycles. The molecule has 2 fully saturated rings. The lowest BCUT2D eigenvalue weighted by Crippen LogP contribution is -2.26. The molecule has 2 saturated heterocycles. The largest absolute Gasteiger partial charge is 0.392 e. The Kier molecular flexibility index (Phi) is 5.84. The fourth-order valence-electron chi connectivity index (χ4n) is 3.44. The van der Waals surface area contributed by atoms with Crippen LogP contribution in [0.5, 0.6) is 0 Å². The molecule has 5 rings (SSSR count). The van der Waals surface area contributed by atoms with Crippen molar-refractivity contribution in [3.63, 3.8) is 0 Å². The highest BCUT2D eigenvalue weighted by molar-refractivity contribution is 5.82. The van der Waals surface area contributed by atoms with Crippen LogP contribution in [0.4, 0.5) is 14.6 Å². The predicted molar refractivity (Wildman–Crippen MR) is 105 cm³/mol. The molecule has 2 aliphatic rings. The number of alkyl halides is 2. The number of aromatic nitrogens is 5. The molecule has 3 aromatic rings. The second kappa shape index (κ2) is 8.54. The van der Waals surface area contributed by atoms with Gasteiger partial charge in [0.2, 0.25) is 11.5 Å². The van der Waals surface area contributed by atoms with Crippen molar-refractivity contribution in [2.75, 3.05) is 31.1 Å². The Morgan fingerprint density at radius 1 is 1.03 bits per heavy atom. The molecule has 1 aromatic carbocycles. The SMILES string of the molecule is OC1CCNC1.O[C@H]1CCN(c2nc(C(F)(F)c3ccccc3)nc3n[nH]nc23)C1. The van der Waals surface area contributed by atoms with E-state index >= 15 is 0 Å². The Hall–Kier alpha value is -2.76. The van der Waals surface area contributed by atoms with Gasteiger partial charge >= 0.3 is 5.92 Å². The zero-order valence-electron chi connectivity index (χ0n) is 16.2. The molecule has 2 atom stereocenters. The van der Waals surface area contributed by atoms with Gasteiger partial charge in [-0.1, -0.05) is 30.3 Å². The number of rotatable bonds is 3. The van der Waals surface area contributed by atoms with Crippen molar-refractivity contribution < 1.29 is 19.0 Å². The van der Waals surface area contributed by atoms with Crippen LogP contribution in [0.2, 0.25) is 0 Å². The summed E-state index contributed by atoms with van der Waals surface area (Å²) in [5, 5.41) is 31.6. The topological polar surface area (TPSA) is 123 Å². The van der Waals surface area contributed by atoms with Gasteiger partial charge in [-0.15, -0.1) is 5.10 Å². The summed E-state index contributed by atoms with van der Waals surface area (Å²) >= 11 is 0. The van der Waals surface area contributed by atoms with Gasteiger partial charge in [-0.05, 0) is 19.4 Å². The second-order valence-corrected chi connectivity index (χ2v) is 7.34. The number of benzene rings is 1. The number of fused-ring (bicyclic) bond motifs is 1. The van der Waals surface area contributed by atoms with Crippen LogP contribution in [-0.4, -0.2) is 74.0 Å². The first-order valence-corrected chi connectivity index (χ1v) is 9.79. The molecular formula is C19H23F2N7O2. The van der Waals surface area contributed by atoms with Crippen LogP contribution < -0.4 is 10.2 Å². The molecule has 0 saturated carbocycles. The molecule has 0 spiro atoms. The van der Waals surface area contributed by atoms with E-state index in [0.29, 0.717) is 25.0 Å². The molecule has 0 aliphatic carbocycles. The van der Waals surface area contributed by atoms with Crippen molar-refractivity contribution in [2.24, 2.45) is 0 Å². The third-order valence-electron chi connectivity index (χ3n) is 5.08. The Labute approximate surface area is 171 Å². The molecular weight excluding hydrogens is 396 g/mol. The standard InChI is InChI=1S/C15H14F2N6O.C4H9NO/c16-15(17,9-4-2-1-3-5-9)14-18-12-11(20-22-21-12)13(19-14)23-7-6-10(24)8-23;6-4-1-2-5-3-4/h1-5,10,24H,6-8H2,(H,18,19,20,21,22);4-6H,1-3H2/t10-;/m0./s1. The Balaban J connectivity index is 0.000000313. The summed E-state index contributed by atoms with van der Waals surface area (Å²) in [6.45, 7) is 2.60. The molecule has 1 unspecified atom stereocenters. The molecule has 0 radical (unpaired) electrons. The van der Waals surface area contributed by atoms with Gasteiger partial charge in [0.1, 0.15) is 0 Å². The van der Waals surface area contributed by atoms with Crippen LogP contribution in [0.3, 0.4) is 0 Å². The third-order valence-corrected chi connectivity index (χ3v) is 5.08. The molecule has 9 nitrogen and oxygen atoms in total. The summed E-state index contributed by atoms with van der Waals surface area (Å²) in [5.41, 5.74) is 0.198. The minimum absolute atomic E-state index is 0.0648. The fourth-order valence-corrected chi connectivity index (χ4v) is 3.44. The zero-order valence-corrected chi connectivity index (χ0v) is 16.2. The average Bonchev–Trinajstić information content (AvgIpc) is 3.50. The Morgan fingerprint density at radius 2 is 1.83 bits per heavy atom. The van der Waals surface area contributed by atoms with Crippen molar-refractivity contribution in [3.8, 4) is 0 Å². The Morgan fingerprint density at radius 3 is 2.43 bits per heavy atom. The normalized spacial score (nSPS) is 21.7. The number of hydrogen-bond acceptors (Lipinski definition) is 8. The number of nitrogens with zero attached hydrogens (tertiary/aromatic N) is 5. The van der Waals surface area contributed by atoms with Gasteiger partial charge in [-0.3, -0.25) is 0 Å². The summed E-state index contributed by atoms with van der Waals surface area (Å²) in [6, 6.07) is 7.40. The number of aromatic amines is 1. The molecule has 4 heterocycles. The van der Waals surface area contributed by atoms with Gasteiger partial charge in [-0.2, -0.15) is 19.1 Å². The maximum absolute atomic E-state index is 14.8. The summed E-state index contributed by atoms with van der Waals surface area (Å²) in [5.74, 6) is -3.73. The fraction of sp³-hybridized carbons (Fsp3) is 0.474. The van der Waals surface area contributed by atoms with Crippen LogP contribution in [0.1, 0.15) is 24.2 Å². The van der Waals surface area contributed by atoms with E-state index in [9.17, 15) is 13.9 Å². The molecule has 0 amide bonds. The number of aliphatic hydroxyl groups is 2. The molecule has 0 bridgehead atoms. The maximum atomic E-state index is 14.8. The maximum Gasteiger partial charge on any atom is 0.331 e. The molecule has 4 N–H and O–H groups in total. The van der Waals surface area contributed by atoms with E-state index in [2.05, 4.69) is 30.7 Å². The van der Waals surface area contributed by atoms with Crippen molar-refractivity contribution in [1.29, 1.82) is 0 Å². The number of aliphatic hydroxyl groups excluding tert-OH is 2. The predicted octanol–water partition coefficient (Wildman–Crippen LogP) is 0.800. The van der Waals surface area contributed by atoms with Gasteiger partial charge < -0.3 is 20.4 Å². The Bertz CT molecular complexity index is 979. The summed E-state index contributed by atoms with van der Waals surface area (Å²) in [7, 11) is 0. The molecule has 160 valence electrons. The summed E-state index contributed by atoms with van der Waals surface area (Å²) < 4.78 is 29.6. The highest BCUT2D eigenvalue weighted by Crippen LogP contribution is 2.35. The van der Waals surface area contributed by atoms with Gasteiger partial charge in [0.05, 0.1) is 12.2 Å². The van der Waals surface area contributed by atoms with E-state index in [1.54, 1.807) is 11.0 Å². The molecule has 11 heteroatoms. The highest BCUT2D eigenvalue weighted by atomic mass is 19.3. The van der Waals surface area contributed by atoms with Crippen LogP contribution in [-0.2, 0) is 5.92 Å². The molecule has 30 heavy (non-hydrogen) atoms. The van der Waals surface area contributed by atoms with E-state index in [4.69, 9.17) is 5.11 Å². The van der Waals surface area contributed by atoms with E-state index < -0.39 is 17.9 Å². The monoisotopic (exact) mass is 419 g/mol. The highest BCUT2D eigenvalue weighted by Gasteiger charge is 2.39. The molecule has 2 aliphatic heterocycles. The van der Waals surface area contributed by atoms with Crippen molar-refractivity contribution in [2.45, 2.75) is 31.0 Å². The van der Waals surface area contributed by atoms with E-state index in [-0.39, 0.29) is 23.1 Å². The number of hydrogen-bond donors (Lipinski definition) is 4. The first kappa shape index (κ1) is 20.5. The van der Waals surface area contributed by atoms with Gasteiger partial charge in [0, 0.05) is 25.2 Å². The van der Waals surface area contributed by atoms with Gasteiger partial charge in [0.25, 0.3) is 0 Å². The lowest BCUT2D eigenvalue weighted by molar-refractivity contribution is 0.0332. The number of nitrogens with one attached hydrogen (secondary N) is 2. The van der Waals surface area contributed by atoms with Crippen LogP contribution in [0.15, 0.2) is 30.3 Å². The van der Waals surface area contributed by atoms with Crippen LogP contribution in [0.25, 0.3) is 11.2 Å². The van der Waals surface area contributed by atoms with Crippen LogP contribution in [0, 0.1) is 0 Å². The van der Waals surface area contributed by atoms with Crippen LogP contribution >= 0.6 is 0 Å². The quantitative estimate of drug-likeness (QED) is 0.492. The summed E-state index contributed by atoms with van der Waals surface area (Å²) in [4.78, 5) is 9.67. The first-order valence-electron chi connectivity index (χ1n) is 9.79. The van der Waals surface area contributed by atoms with E-state index in [0.717, 1.165) is 19.5 Å². The zero-order chi connectivity index (χ0) is 21.1. The van der Waals surface area contributed by atoms with Gasteiger partial charge in [-0.25, -0.2) is 9.97 Å². The van der Waals surface area contributed by atoms with Crippen molar-refractivity contribution in [3.05, 3.63) is 41.7 Å². The smallest absolute Gasteiger partial charge is 0.331 e. The second-order valence-electron chi connectivity index (χ2n) is 7.34. The van der Waals surface area contributed by atoms with Crippen molar-refractivity contribution in [1.82, 2.24) is 30.7 Å².